The Hall–Kier alpha value is -8.19. The van der Waals surface area contributed by atoms with Gasteiger partial charge in [0.1, 0.15) is 0 Å². The number of hydrogen-bond acceptors (Lipinski definition) is 13. The fourth-order valence-electron chi connectivity index (χ4n) is 10.6. The third-order valence-electron chi connectivity index (χ3n) is 15.0. The fourth-order valence-corrected chi connectivity index (χ4v) is 10.7. The second kappa shape index (κ2) is 29.5. The summed E-state index contributed by atoms with van der Waals surface area (Å²) in [5.41, 5.74) is 17.4. The van der Waals surface area contributed by atoms with E-state index < -0.39 is 0 Å². The summed E-state index contributed by atoms with van der Waals surface area (Å²) >= 11 is 5.97. The van der Waals surface area contributed by atoms with Gasteiger partial charge in [-0.05, 0) is 110 Å². The Labute approximate surface area is 483 Å². The van der Waals surface area contributed by atoms with E-state index in [2.05, 4.69) is 80.1 Å². The van der Waals surface area contributed by atoms with Gasteiger partial charge in [0.2, 0.25) is 17.6 Å². The summed E-state index contributed by atoms with van der Waals surface area (Å²) in [5, 5.41) is 21.4. The molecule has 17 nitrogen and oxygen atoms in total. The van der Waals surface area contributed by atoms with Gasteiger partial charge in [0.15, 0.2) is 22.9 Å². The van der Waals surface area contributed by atoms with Crippen molar-refractivity contribution >= 4 is 35.2 Å². The molecule has 426 valence electrons. The summed E-state index contributed by atoms with van der Waals surface area (Å²) in [4.78, 5) is 57.3. The van der Waals surface area contributed by atoms with Gasteiger partial charge in [-0.1, -0.05) is 143 Å². The minimum Gasteiger partial charge on any atom is -0.461 e. The lowest BCUT2D eigenvalue weighted by molar-refractivity contribution is -0.133. The van der Waals surface area contributed by atoms with Gasteiger partial charge in [-0.3, -0.25) is 19.2 Å². The van der Waals surface area contributed by atoms with Crippen molar-refractivity contribution in [1.29, 1.82) is 0 Å². The van der Waals surface area contributed by atoms with Crippen LogP contribution >= 0.6 is 11.6 Å². The molecule has 18 heteroatoms. The Kier molecular flexibility index (Phi) is 21.0. The van der Waals surface area contributed by atoms with E-state index in [1.54, 1.807) is 36.4 Å². The van der Waals surface area contributed by atoms with Crippen LogP contribution in [0.5, 0.6) is 0 Å². The van der Waals surface area contributed by atoms with E-state index in [-0.39, 0.29) is 71.0 Å². The molecule has 2 aliphatic heterocycles. The summed E-state index contributed by atoms with van der Waals surface area (Å²) in [6.07, 6.45) is 5.63. The number of carbonyl (C=O) groups is 4. The zero-order valence-corrected chi connectivity index (χ0v) is 46.5. The van der Waals surface area contributed by atoms with Crippen LogP contribution in [0.4, 0.5) is 0 Å². The highest BCUT2D eigenvalue weighted by molar-refractivity contribution is 6.30. The summed E-state index contributed by atoms with van der Waals surface area (Å²) < 4.78 is 16.0. The Morgan fingerprint density at radius 1 is 0.561 bits per heavy atom. The van der Waals surface area contributed by atoms with Crippen LogP contribution in [0, 0.1) is 0 Å². The van der Waals surface area contributed by atoms with E-state index in [0.717, 1.165) is 18.4 Å². The number of aromatic nitrogens is 2. The average molecular weight is 1130 g/mol. The predicted molar refractivity (Wildman–Crippen MR) is 316 cm³/mol. The Morgan fingerprint density at radius 2 is 0.976 bits per heavy atom. The molecule has 5 aromatic carbocycles. The molecule has 8 aromatic rings. The van der Waals surface area contributed by atoms with Crippen molar-refractivity contribution in [2.24, 2.45) is 11.5 Å². The quantitative estimate of drug-likeness (QED) is 0.0373. The third kappa shape index (κ3) is 15.8. The van der Waals surface area contributed by atoms with Gasteiger partial charge < -0.3 is 56.0 Å². The Morgan fingerprint density at radius 3 is 1.38 bits per heavy atom. The molecule has 2 aliphatic rings. The summed E-state index contributed by atoms with van der Waals surface area (Å²) in [6.45, 7) is 4.01. The van der Waals surface area contributed by atoms with Gasteiger partial charge in [-0.15, -0.1) is 0 Å². The lowest BCUT2D eigenvalue weighted by Crippen LogP contribution is -2.49. The number of furan rings is 1. The molecular weight excluding hydrogens is 1060 g/mol. The van der Waals surface area contributed by atoms with Gasteiger partial charge in [0, 0.05) is 85.9 Å². The van der Waals surface area contributed by atoms with Crippen LogP contribution < -0.4 is 32.7 Å². The van der Waals surface area contributed by atoms with E-state index in [1.807, 2.05) is 94.7 Å². The standard InChI is InChI=1S/C33H36ClN5O3.C31H35N5O4/c34-26-15-13-25(14-16-26)31-20-30(38-42-31)32(40)36-21-27-17-19-39(33(41)29(37-27)12-7-18-35)22-28(23-8-3-1-4-9-23)24-10-5-2-6-11-24;32-16-7-13-26-31(38)36(21-25(22-9-3-1-4-10-22)23-11-5-2-6-12-23)17-15-24(34-26)20-33-30(37)27-19-29(40-35-27)28-14-8-18-39-28/h1-6,8-11,13-16,20,27-29,37H,7,12,17-19,21-22,35H2,(H,36,40);1-6,8-12,14,18-19,24-26,34H,7,13,15-17,20-21,32H2,(H,33,37)/t27-,29-;24-,26-/m00/s1. The van der Waals surface area contributed by atoms with E-state index in [0.29, 0.717) is 100 Å². The molecule has 2 fully saturated rings. The lowest BCUT2D eigenvalue weighted by atomic mass is 9.90. The Balaban J connectivity index is 0.000000198. The zero-order valence-electron chi connectivity index (χ0n) is 45.8. The van der Waals surface area contributed by atoms with E-state index in [9.17, 15) is 19.2 Å². The molecule has 4 atom stereocenters. The molecule has 2 saturated heterocycles. The largest absolute Gasteiger partial charge is 0.461 e. The number of hydrogen-bond donors (Lipinski definition) is 6. The van der Waals surface area contributed by atoms with Crippen LogP contribution in [0.15, 0.2) is 190 Å². The molecule has 0 saturated carbocycles. The molecule has 4 amide bonds. The van der Waals surface area contributed by atoms with Crippen molar-refractivity contribution in [3.05, 3.63) is 215 Å². The third-order valence-corrected chi connectivity index (χ3v) is 15.2. The number of benzene rings is 5. The first-order valence-electron chi connectivity index (χ1n) is 28.1. The van der Waals surface area contributed by atoms with Crippen LogP contribution in [-0.4, -0.2) is 120 Å². The first-order valence-corrected chi connectivity index (χ1v) is 28.5. The van der Waals surface area contributed by atoms with Crippen molar-refractivity contribution < 1.29 is 32.6 Å². The Bertz CT molecular complexity index is 3160. The van der Waals surface area contributed by atoms with Crippen LogP contribution in [0.1, 0.15) is 93.6 Å². The number of rotatable bonds is 22. The molecule has 0 radical (unpaired) electrons. The first kappa shape index (κ1) is 58.5. The zero-order chi connectivity index (χ0) is 57.0. The topological polar surface area (TPSA) is 240 Å². The maximum Gasteiger partial charge on any atom is 0.273 e. The summed E-state index contributed by atoms with van der Waals surface area (Å²) in [5.74, 6) is 0.927. The smallest absolute Gasteiger partial charge is 0.273 e. The van der Waals surface area contributed by atoms with Crippen LogP contribution in [0.25, 0.3) is 22.8 Å². The molecule has 8 N–H and O–H groups in total. The highest BCUT2D eigenvalue weighted by Crippen LogP contribution is 2.30. The minimum atomic E-state index is -0.381. The predicted octanol–water partition coefficient (Wildman–Crippen LogP) is 8.65. The molecule has 0 unspecified atom stereocenters. The van der Waals surface area contributed by atoms with Crippen molar-refractivity contribution in [3.63, 3.8) is 0 Å². The molecule has 10 rings (SSSR count). The average Bonchev–Trinajstić information content (AvgIpc) is 4.38. The lowest BCUT2D eigenvalue weighted by Gasteiger charge is -2.29. The summed E-state index contributed by atoms with van der Waals surface area (Å²) in [6, 6.07) is 54.0. The highest BCUT2D eigenvalue weighted by Gasteiger charge is 2.35. The van der Waals surface area contributed by atoms with E-state index in [4.69, 9.17) is 36.5 Å². The van der Waals surface area contributed by atoms with Gasteiger partial charge in [-0.2, -0.15) is 0 Å². The van der Waals surface area contributed by atoms with E-state index in [1.165, 1.54) is 28.5 Å². The molecule has 3 aromatic heterocycles. The fraction of sp³-hybridized carbons (Fsp3) is 0.312. The molecule has 0 bridgehead atoms. The molecular formula is C64H71ClN10O7. The normalized spacial score (nSPS) is 17.5. The minimum absolute atomic E-state index is 0.0461. The number of nitrogens with two attached hydrogens (primary N) is 2. The van der Waals surface area contributed by atoms with Gasteiger partial charge in [-0.25, -0.2) is 0 Å². The number of halogens is 1. The molecule has 5 heterocycles. The second-order valence-electron chi connectivity index (χ2n) is 20.6. The summed E-state index contributed by atoms with van der Waals surface area (Å²) in [7, 11) is 0. The van der Waals surface area contributed by atoms with E-state index >= 15 is 0 Å². The maximum atomic E-state index is 13.8. The van der Waals surface area contributed by atoms with Crippen molar-refractivity contribution in [1.82, 2.24) is 41.4 Å². The number of nitrogens with one attached hydrogen (secondary N) is 4. The van der Waals surface area contributed by atoms with Gasteiger partial charge >= 0.3 is 0 Å². The van der Waals surface area contributed by atoms with Crippen molar-refractivity contribution in [3.8, 4) is 22.8 Å². The highest BCUT2D eigenvalue weighted by atomic mass is 35.5. The maximum absolute atomic E-state index is 13.8. The SMILES string of the molecule is NCCC[C@@H]1N[C@H](CNC(=O)c2cc(-c3ccc(Cl)cc3)on2)CCN(CC(c2ccccc2)c2ccccc2)C1=O.NCCC[C@@H]1N[C@H](CNC(=O)c2cc(-c3ccco3)on2)CCN(CC(c2ccccc2)c2ccccc2)C1=O. The molecule has 82 heavy (non-hydrogen) atoms. The monoisotopic (exact) mass is 1130 g/mol. The van der Waals surface area contributed by atoms with Crippen molar-refractivity contribution in [2.45, 2.75) is 74.5 Å². The second-order valence-corrected chi connectivity index (χ2v) is 21.1. The van der Waals surface area contributed by atoms with Crippen LogP contribution in [-0.2, 0) is 9.59 Å². The van der Waals surface area contributed by atoms with Gasteiger partial charge in [0.05, 0.1) is 18.3 Å². The van der Waals surface area contributed by atoms with Crippen LogP contribution in [0.2, 0.25) is 5.02 Å². The van der Waals surface area contributed by atoms with Crippen LogP contribution in [0.3, 0.4) is 0 Å². The molecule has 0 spiro atoms. The van der Waals surface area contributed by atoms with Gasteiger partial charge in [0.25, 0.3) is 11.8 Å². The molecule has 0 aliphatic carbocycles. The number of carbonyl (C=O) groups excluding carboxylic acids is 4. The number of nitrogens with zero attached hydrogens (tertiary/aromatic N) is 4. The first-order chi connectivity index (χ1) is 40.1. The number of amides is 4. The van der Waals surface area contributed by atoms with Crippen molar-refractivity contribution in [2.75, 3.05) is 52.4 Å².